The van der Waals surface area contributed by atoms with E-state index in [1.54, 1.807) is 0 Å². The van der Waals surface area contributed by atoms with Crippen LogP contribution in [0.5, 0.6) is 11.5 Å². The summed E-state index contributed by atoms with van der Waals surface area (Å²) in [6.45, 7) is 1.56. The highest BCUT2D eigenvalue weighted by Gasteiger charge is 2.45. The van der Waals surface area contributed by atoms with Crippen molar-refractivity contribution in [3.8, 4) is 11.5 Å². The molecule has 0 N–H and O–H groups in total. The van der Waals surface area contributed by atoms with E-state index >= 15 is 0 Å². The van der Waals surface area contributed by atoms with Crippen molar-refractivity contribution in [2.75, 3.05) is 26.4 Å². The van der Waals surface area contributed by atoms with Gasteiger partial charge in [-0.15, -0.1) is 0 Å². The number of carbonyl (C=O) groups excluding carboxylic acids is 1. The van der Waals surface area contributed by atoms with Crippen molar-refractivity contribution in [2.45, 2.75) is 37.3 Å². The van der Waals surface area contributed by atoms with Gasteiger partial charge >= 0.3 is 6.16 Å². The van der Waals surface area contributed by atoms with Gasteiger partial charge in [-0.2, -0.15) is 0 Å². The molecule has 38 heavy (non-hydrogen) atoms. The number of fused-ring (bicyclic) bond motifs is 2. The second-order valence-electron chi connectivity index (χ2n) is 9.68. The Balaban J connectivity index is 1.27. The molecule has 2 aromatic rings. The van der Waals surface area contributed by atoms with Gasteiger partial charge in [-0.1, -0.05) is 0 Å². The van der Waals surface area contributed by atoms with E-state index < -0.39 is 28.6 Å². The van der Waals surface area contributed by atoms with Gasteiger partial charge in [0, 0.05) is 59.1 Å². The number of rotatable bonds is 6. The van der Waals surface area contributed by atoms with E-state index in [4.69, 9.17) is 28.4 Å². The van der Waals surface area contributed by atoms with E-state index in [0.29, 0.717) is 37.2 Å². The summed E-state index contributed by atoms with van der Waals surface area (Å²) in [6.07, 6.45) is -0.462. The average molecular weight is 528 g/mol. The van der Waals surface area contributed by atoms with Crippen LogP contribution in [0.3, 0.4) is 0 Å². The first-order valence-electron chi connectivity index (χ1n) is 12.3. The Labute approximate surface area is 215 Å². The number of non-ortho nitro benzene ring substituents is 2. The van der Waals surface area contributed by atoms with E-state index in [0.717, 1.165) is 0 Å². The molecule has 0 saturated carbocycles. The minimum atomic E-state index is -1.08. The quantitative estimate of drug-likeness (QED) is 0.230. The van der Waals surface area contributed by atoms with Crippen molar-refractivity contribution in [3.05, 3.63) is 67.8 Å². The molecule has 0 aromatic heterocycles. The molecule has 4 aliphatic heterocycles. The van der Waals surface area contributed by atoms with E-state index in [2.05, 4.69) is 0 Å². The summed E-state index contributed by atoms with van der Waals surface area (Å²) < 4.78 is 33.6. The first-order chi connectivity index (χ1) is 18.4. The molecular formula is C25H24N2O11. The molecule has 0 spiro atoms. The molecule has 4 unspecified atom stereocenters. The van der Waals surface area contributed by atoms with E-state index in [9.17, 15) is 25.0 Å². The lowest BCUT2D eigenvalue weighted by atomic mass is 9.86. The molecular weight excluding hydrogens is 504 g/mol. The molecule has 4 fully saturated rings. The predicted molar refractivity (Wildman–Crippen MR) is 126 cm³/mol. The summed E-state index contributed by atoms with van der Waals surface area (Å²) in [4.78, 5) is 34.8. The average Bonchev–Trinajstić information content (AvgIpc) is 3.67. The molecule has 2 aromatic carbocycles. The Kier molecular flexibility index (Phi) is 6.43. The van der Waals surface area contributed by atoms with Crippen molar-refractivity contribution in [1.29, 1.82) is 0 Å². The molecule has 13 heteroatoms. The number of benzene rings is 2. The van der Waals surface area contributed by atoms with Crippen LogP contribution >= 0.6 is 0 Å². The first-order valence-corrected chi connectivity index (χ1v) is 12.3. The fourth-order valence-corrected chi connectivity index (χ4v) is 5.83. The smallest absolute Gasteiger partial charge is 0.394 e. The summed E-state index contributed by atoms with van der Waals surface area (Å²) in [7, 11) is 0. The van der Waals surface area contributed by atoms with Crippen LogP contribution in [0.4, 0.5) is 16.2 Å². The van der Waals surface area contributed by atoms with Crippen molar-refractivity contribution < 1.29 is 43.1 Å². The number of nitrogens with zero attached hydrogens (tertiary/aromatic N) is 2. The molecule has 0 radical (unpaired) electrons. The third kappa shape index (κ3) is 4.47. The summed E-state index contributed by atoms with van der Waals surface area (Å²) in [5.41, 5.74) is 0.618. The van der Waals surface area contributed by atoms with Gasteiger partial charge in [0.1, 0.15) is 11.5 Å². The number of hydrogen-bond acceptors (Lipinski definition) is 11. The Morgan fingerprint density at radius 1 is 0.737 bits per heavy atom. The summed E-state index contributed by atoms with van der Waals surface area (Å²) >= 11 is 0. The molecule has 13 nitrogen and oxygen atoms in total. The number of nitro groups is 2. The van der Waals surface area contributed by atoms with Gasteiger partial charge in [0.15, 0.2) is 12.6 Å². The van der Waals surface area contributed by atoms with Crippen LogP contribution in [0.15, 0.2) is 36.4 Å². The van der Waals surface area contributed by atoms with Gasteiger partial charge in [0.2, 0.25) is 0 Å². The summed E-state index contributed by atoms with van der Waals surface area (Å²) in [5, 5.41) is 22.9. The second-order valence-corrected chi connectivity index (χ2v) is 9.68. The molecule has 4 heterocycles. The molecule has 6 atom stereocenters. The van der Waals surface area contributed by atoms with E-state index in [-0.39, 0.29) is 59.8 Å². The molecule has 4 aliphatic rings. The minimum Gasteiger partial charge on any atom is -0.394 e. The third-order valence-corrected chi connectivity index (χ3v) is 7.67. The van der Waals surface area contributed by atoms with Gasteiger partial charge in [0.25, 0.3) is 11.4 Å². The van der Waals surface area contributed by atoms with Crippen molar-refractivity contribution in [2.24, 2.45) is 11.8 Å². The van der Waals surface area contributed by atoms with Crippen molar-refractivity contribution in [1.82, 2.24) is 0 Å². The maximum atomic E-state index is 13.0. The lowest BCUT2D eigenvalue weighted by molar-refractivity contribution is -0.385. The van der Waals surface area contributed by atoms with Crippen LogP contribution in [-0.4, -0.2) is 55.0 Å². The summed E-state index contributed by atoms with van der Waals surface area (Å²) in [5.74, 6) is -0.372. The topological polar surface area (TPSA) is 159 Å². The van der Waals surface area contributed by atoms with Crippen molar-refractivity contribution >= 4 is 17.5 Å². The van der Waals surface area contributed by atoms with Crippen molar-refractivity contribution in [3.63, 3.8) is 0 Å². The van der Waals surface area contributed by atoms with Gasteiger partial charge in [-0.25, -0.2) is 4.79 Å². The maximum Gasteiger partial charge on any atom is 0.519 e. The Morgan fingerprint density at radius 2 is 1.18 bits per heavy atom. The third-order valence-electron chi connectivity index (χ3n) is 7.67. The van der Waals surface area contributed by atoms with E-state index in [1.807, 2.05) is 0 Å². The Morgan fingerprint density at radius 3 is 1.61 bits per heavy atom. The predicted octanol–water partition coefficient (Wildman–Crippen LogP) is 4.03. The number of hydrogen-bond donors (Lipinski definition) is 0. The standard InChI is InChI=1S/C25H24N2O11/c28-25(37-21-3-1-13(26(29)30)9-17(21)19-11-35-23-15(19)5-7-33-23)38-22-4-2-14(27(31)32)10-18(22)20-12-36-24-16(20)6-8-34-24/h1-4,9-10,15-16,19-20,23-24H,5-8,11-12H2/t15?,16?,19?,20?,23-,24-/m1/s1. The van der Waals surface area contributed by atoms with Crippen LogP contribution < -0.4 is 9.47 Å². The van der Waals surface area contributed by atoms with Crippen LogP contribution in [0, 0.1) is 32.1 Å². The second kappa shape index (κ2) is 9.91. The molecule has 0 aliphatic carbocycles. The molecule has 200 valence electrons. The molecule has 0 bridgehead atoms. The molecule has 0 amide bonds. The normalized spacial score (nSPS) is 29.6. The Hall–Kier alpha value is -3.65. The SMILES string of the molecule is O=C(Oc1ccc([N+](=O)[O-])cc1C1CO[C@H]2OCCC12)Oc1ccc([N+](=O)[O-])cc1C1CO[C@H]2OCCC12. The summed E-state index contributed by atoms with van der Waals surface area (Å²) in [6, 6.07) is 7.98. The van der Waals surface area contributed by atoms with Gasteiger partial charge in [-0.3, -0.25) is 20.2 Å². The highest BCUT2D eigenvalue weighted by molar-refractivity contribution is 5.69. The maximum absolute atomic E-state index is 13.0. The highest BCUT2D eigenvalue weighted by atomic mass is 16.7. The molecule has 4 saturated heterocycles. The fourth-order valence-electron chi connectivity index (χ4n) is 5.83. The number of ether oxygens (including phenoxy) is 6. The Bertz CT molecular complexity index is 1190. The van der Waals surface area contributed by atoms with Gasteiger partial charge in [0.05, 0.1) is 36.3 Å². The fraction of sp³-hybridized carbons (Fsp3) is 0.480. The zero-order valence-electron chi connectivity index (χ0n) is 20.1. The lowest BCUT2D eigenvalue weighted by Crippen LogP contribution is -2.20. The van der Waals surface area contributed by atoms with Crippen LogP contribution in [0.2, 0.25) is 0 Å². The van der Waals surface area contributed by atoms with E-state index in [1.165, 1.54) is 36.4 Å². The zero-order valence-corrected chi connectivity index (χ0v) is 20.1. The number of nitro benzene ring substituents is 2. The molecule has 6 rings (SSSR count). The van der Waals surface area contributed by atoms with Gasteiger partial charge < -0.3 is 28.4 Å². The minimum absolute atomic E-state index is 0.0272. The first kappa shape index (κ1) is 24.7. The highest BCUT2D eigenvalue weighted by Crippen LogP contribution is 2.47. The van der Waals surface area contributed by atoms with Gasteiger partial charge in [-0.05, 0) is 25.0 Å². The van der Waals surface area contributed by atoms with Crippen LogP contribution in [0.1, 0.15) is 35.8 Å². The number of carbonyl (C=O) groups is 1. The monoisotopic (exact) mass is 528 g/mol. The zero-order chi connectivity index (χ0) is 26.4. The van der Waals surface area contributed by atoms with Crippen LogP contribution in [-0.2, 0) is 18.9 Å². The largest absolute Gasteiger partial charge is 0.519 e. The lowest BCUT2D eigenvalue weighted by Gasteiger charge is -2.20. The van der Waals surface area contributed by atoms with Crippen LogP contribution in [0.25, 0.3) is 0 Å².